The van der Waals surface area contributed by atoms with Crippen molar-refractivity contribution in [3.63, 3.8) is 0 Å². The summed E-state index contributed by atoms with van der Waals surface area (Å²) in [6.07, 6.45) is 4.58. The zero-order chi connectivity index (χ0) is 21.5. The topological polar surface area (TPSA) is 133 Å². The van der Waals surface area contributed by atoms with Crippen molar-refractivity contribution in [2.24, 2.45) is 11.5 Å². The number of carbonyl (C=O) groups excluding carboxylic acids is 3. The minimum Gasteiger partial charge on any atom is -0.367 e. The second-order valence-electron chi connectivity index (χ2n) is 6.56. The van der Waals surface area contributed by atoms with Crippen molar-refractivity contribution in [3.8, 4) is 11.3 Å². The molecule has 8 nitrogen and oxygen atoms in total. The van der Waals surface area contributed by atoms with Gasteiger partial charge in [0.2, 0.25) is 17.7 Å². The van der Waals surface area contributed by atoms with Gasteiger partial charge in [-0.1, -0.05) is 60.7 Å². The van der Waals surface area contributed by atoms with E-state index in [1.165, 1.54) is 6.08 Å². The lowest BCUT2D eigenvalue weighted by molar-refractivity contribution is -0.132. The van der Waals surface area contributed by atoms with Crippen molar-refractivity contribution < 1.29 is 14.4 Å². The van der Waals surface area contributed by atoms with Gasteiger partial charge in [0.1, 0.15) is 0 Å². The molecule has 0 bridgehead atoms. The Morgan fingerprint density at radius 3 is 2.17 bits per heavy atom. The number of aromatic nitrogens is 2. The van der Waals surface area contributed by atoms with Crippen LogP contribution in [0.1, 0.15) is 11.1 Å². The zero-order valence-corrected chi connectivity index (χ0v) is 16.1. The number of amides is 3. The van der Waals surface area contributed by atoms with E-state index < -0.39 is 23.8 Å². The average Bonchev–Trinajstić information content (AvgIpc) is 3.14. The van der Waals surface area contributed by atoms with Crippen LogP contribution >= 0.6 is 0 Å². The first-order chi connectivity index (χ1) is 14.4. The van der Waals surface area contributed by atoms with Gasteiger partial charge >= 0.3 is 0 Å². The molecule has 0 unspecified atom stereocenters. The highest BCUT2D eigenvalue weighted by molar-refractivity contribution is 6.07. The first-order valence-corrected chi connectivity index (χ1v) is 9.18. The Labute approximate surface area is 173 Å². The lowest BCUT2D eigenvalue weighted by atomic mass is 10.1. The van der Waals surface area contributed by atoms with Gasteiger partial charge in [-0.25, -0.2) is 0 Å². The highest BCUT2D eigenvalue weighted by Crippen LogP contribution is 2.23. The third-order valence-electron chi connectivity index (χ3n) is 4.29. The Balaban J connectivity index is 1.86. The number of primary amides is 2. The summed E-state index contributed by atoms with van der Waals surface area (Å²) in [6, 6.07) is 17.8. The number of nitrogens with two attached hydrogens (primary N) is 2. The Hall–Kier alpha value is -4.20. The summed E-state index contributed by atoms with van der Waals surface area (Å²) in [5.41, 5.74) is 13.5. The van der Waals surface area contributed by atoms with Crippen LogP contribution in [0.4, 0.5) is 0 Å². The Bertz CT molecular complexity index is 1060. The molecule has 152 valence electrons. The minimum atomic E-state index is -1.57. The summed E-state index contributed by atoms with van der Waals surface area (Å²) >= 11 is 0. The van der Waals surface area contributed by atoms with E-state index in [1.807, 2.05) is 66.9 Å². The molecule has 0 saturated carbocycles. The van der Waals surface area contributed by atoms with Crippen molar-refractivity contribution in [3.05, 3.63) is 84.1 Å². The quantitative estimate of drug-likeness (QED) is 0.383. The molecule has 0 aliphatic rings. The lowest BCUT2D eigenvalue weighted by Crippen LogP contribution is -2.52. The molecule has 1 aromatic heterocycles. The Kier molecular flexibility index (Phi) is 6.39. The number of nitrogens with one attached hydrogen (secondary N) is 1. The average molecular weight is 403 g/mol. The standard InChI is InChI=1S/C22H21N5O3/c23-21(29)20(22(24)30)25-18(28)12-11-17-14-27(13-15-7-3-1-4-8-15)26-19(17)16-9-5-2-6-10-16/h1-12,14,20H,13H2,(H2,23,29)(H2,24,30)(H,25,28)/b12-11+. The molecule has 1 heterocycles. The van der Waals surface area contributed by atoms with Crippen LogP contribution in [0.25, 0.3) is 17.3 Å². The molecule has 30 heavy (non-hydrogen) atoms. The first-order valence-electron chi connectivity index (χ1n) is 9.18. The maximum absolute atomic E-state index is 12.1. The Morgan fingerprint density at radius 2 is 1.57 bits per heavy atom. The van der Waals surface area contributed by atoms with Crippen LogP contribution in [-0.2, 0) is 20.9 Å². The molecule has 0 saturated heterocycles. The van der Waals surface area contributed by atoms with Crippen LogP contribution in [0.15, 0.2) is 72.9 Å². The van der Waals surface area contributed by atoms with Gasteiger partial charge in [-0.15, -0.1) is 0 Å². The zero-order valence-electron chi connectivity index (χ0n) is 16.1. The molecule has 0 fully saturated rings. The summed E-state index contributed by atoms with van der Waals surface area (Å²) < 4.78 is 1.78. The number of rotatable bonds is 8. The predicted octanol–water partition coefficient (Wildman–Crippen LogP) is 1.07. The van der Waals surface area contributed by atoms with Gasteiger partial charge in [-0.05, 0) is 11.6 Å². The molecular formula is C22H21N5O3. The molecule has 0 aliphatic carbocycles. The van der Waals surface area contributed by atoms with E-state index in [-0.39, 0.29) is 0 Å². The van der Waals surface area contributed by atoms with Crippen molar-refractivity contribution in [1.29, 1.82) is 0 Å². The number of nitrogens with zero attached hydrogens (tertiary/aromatic N) is 2. The Morgan fingerprint density at radius 1 is 0.967 bits per heavy atom. The summed E-state index contributed by atoms with van der Waals surface area (Å²) in [7, 11) is 0. The summed E-state index contributed by atoms with van der Waals surface area (Å²) in [4.78, 5) is 34.6. The maximum Gasteiger partial charge on any atom is 0.249 e. The first kappa shape index (κ1) is 20.5. The van der Waals surface area contributed by atoms with E-state index in [0.717, 1.165) is 11.1 Å². The fourth-order valence-corrected chi connectivity index (χ4v) is 2.87. The third-order valence-corrected chi connectivity index (χ3v) is 4.29. The van der Waals surface area contributed by atoms with E-state index >= 15 is 0 Å². The van der Waals surface area contributed by atoms with E-state index in [9.17, 15) is 14.4 Å². The highest BCUT2D eigenvalue weighted by Gasteiger charge is 2.22. The molecule has 3 amide bonds. The van der Waals surface area contributed by atoms with E-state index in [0.29, 0.717) is 17.8 Å². The smallest absolute Gasteiger partial charge is 0.249 e. The fourth-order valence-electron chi connectivity index (χ4n) is 2.87. The van der Waals surface area contributed by atoms with Crippen molar-refractivity contribution in [2.75, 3.05) is 0 Å². The molecule has 0 radical (unpaired) electrons. The van der Waals surface area contributed by atoms with Crippen LogP contribution in [0.5, 0.6) is 0 Å². The van der Waals surface area contributed by atoms with Gasteiger partial charge in [-0.2, -0.15) is 5.10 Å². The predicted molar refractivity (Wildman–Crippen MR) is 113 cm³/mol. The van der Waals surface area contributed by atoms with Crippen molar-refractivity contribution >= 4 is 23.8 Å². The van der Waals surface area contributed by atoms with E-state index in [4.69, 9.17) is 11.5 Å². The van der Waals surface area contributed by atoms with E-state index in [1.54, 1.807) is 10.8 Å². The van der Waals surface area contributed by atoms with Crippen molar-refractivity contribution in [2.45, 2.75) is 12.6 Å². The normalized spacial score (nSPS) is 11.0. The molecule has 3 aromatic rings. The van der Waals surface area contributed by atoms with Crippen LogP contribution in [0.3, 0.4) is 0 Å². The van der Waals surface area contributed by atoms with Crippen LogP contribution < -0.4 is 16.8 Å². The number of carbonyl (C=O) groups is 3. The summed E-state index contributed by atoms with van der Waals surface area (Å²) in [6.45, 7) is 0.562. The fraction of sp³-hybridized carbons (Fsp3) is 0.0909. The number of hydrogen-bond acceptors (Lipinski definition) is 4. The van der Waals surface area contributed by atoms with Gasteiger partial charge in [0.25, 0.3) is 0 Å². The van der Waals surface area contributed by atoms with Gasteiger partial charge in [-0.3, -0.25) is 19.1 Å². The number of hydrogen-bond donors (Lipinski definition) is 3. The molecule has 8 heteroatoms. The monoisotopic (exact) mass is 403 g/mol. The third kappa shape index (κ3) is 5.20. The molecule has 5 N–H and O–H groups in total. The second kappa shape index (κ2) is 9.33. The van der Waals surface area contributed by atoms with E-state index in [2.05, 4.69) is 10.4 Å². The van der Waals surface area contributed by atoms with Gasteiger partial charge < -0.3 is 16.8 Å². The maximum atomic E-state index is 12.1. The lowest BCUT2D eigenvalue weighted by Gasteiger charge is -2.09. The SMILES string of the molecule is NC(=O)C(NC(=O)/C=C/c1cn(Cc2ccccc2)nc1-c1ccccc1)C(N)=O. The minimum absolute atomic E-state index is 0.562. The molecule has 3 rings (SSSR count). The van der Waals surface area contributed by atoms with Gasteiger partial charge in [0.15, 0.2) is 6.04 Å². The van der Waals surface area contributed by atoms with Crippen molar-refractivity contribution in [1.82, 2.24) is 15.1 Å². The summed E-state index contributed by atoms with van der Waals surface area (Å²) in [5.74, 6) is -2.72. The van der Waals surface area contributed by atoms with Gasteiger partial charge in [0.05, 0.1) is 12.2 Å². The second-order valence-corrected chi connectivity index (χ2v) is 6.56. The van der Waals surface area contributed by atoms with Gasteiger partial charge in [0, 0.05) is 23.4 Å². The molecule has 0 aliphatic heterocycles. The molecule has 0 spiro atoms. The molecular weight excluding hydrogens is 382 g/mol. The summed E-state index contributed by atoms with van der Waals surface area (Å²) in [5, 5.41) is 6.85. The van der Waals surface area contributed by atoms with Crippen LogP contribution in [0.2, 0.25) is 0 Å². The number of benzene rings is 2. The van der Waals surface area contributed by atoms with Crippen LogP contribution in [0, 0.1) is 0 Å². The largest absolute Gasteiger partial charge is 0.367 e. The molecule has 0 atom stereocenters. The molecule has 2 aromatic carbocycles. The highest BCUT2D eigenvalue weighted by atomic mass is 16.2. The van der Waals surface area contributed by atoms with Crippen LogP contribution in [-0.4, -0.2) is 33.5 Å².